The maximum Gasteiger partial charge on any atom is 0.188 e. The van der Waals surface area contributed by atoms with Gasteiger partial charge in [-0.2, -0.15) is 0 Å². The molecule has 2 aliphatic rings. The van der Waals surface area contributed by atoms with Gasteiger partial charge in [-0.3, -0.25) is 9.89 Å². The van der Waals surface area contributed by atoms with Crippen molar-refractivity contribution >= 4 is 29.9 Å². The molecule has 2 fully saturated rings. The zero-order valence-electron chi connectivity index (χ0n) is 14.6. The van der Waals surface area contributed by atoms with Crippen molar-refractivity contribution in [3.05, 3.63) is 0 Å². The summed E-state index contributed by atoms with van der Waals surface area (Å²) in [6, 6.07) is 0.631. The van der Waals surface area contributed by atoms with Gasteiger partial charge in [0.1, 0.15) is 0 Å². The molecular formula is C17H35IN4. The highest BCUT2D eigenvalue weighted by atomic mass is 127. The Morgan fingerprint density at radius 3 is 2.55 bits per heavy atom. The predicted molar refractivity (Wildman–Crippen MR) is 106 cm³/mol. The minimum atomic E-state index is 0. The van der Waals surface area contributed by atoms with Gasteiger partial charge in [-0.25, -0.2) is 0 Å². The third-order valence-corrected chi connectivity index (χ3v) is 5.54. The van der Waals surface area contributed by atoms with E-state index in [9.17, 15) is 0 Å². The van der Waals surface area contributed by atoms with E-state index in [4.69, 9.17) is 5.73 Å². The van der Waals surface area contributed by atoms with E-state index < -0.39 is 0 Å². The largest absolute Gasteiger partial charge is 0.370 e. The van der Waals surface area contributed by atoms with Crippen LogP contribution in [-0.2, 0) is 0 Å². The molecule has 0 aromatic carbocycles. The normalized spacial score (nSPS) is 24.5. The second-order valence-corrected chi connectivity index (χ2v) is 7.48. The van der Waals surface area contributed by atoms with Crippen molar-refractivity contribution in [1.29, 1.82) is 0 Å². The quantitative estimate of drug-likeness (QED) is 0.393. The molecule has 1 aliphatic heterocycles. The van der Waals surface area contributed by atoms with Crippen molar-refractivity contribution in [3.8, 4) is 0 Å². The summed E-state index contributed by atoms with van der Waals surface area (Å²) in [5, 5.41) is 3.34. The van der Waals surface area contributed by atoms with Gasteiger partial charge in [0, 0.05) is 19.1 Å². The van der Waals surface area contributed by atoms with Crippen molar-refractivity contribution < 1.29 is 0 Å². The van der Waals surface area contributed by atoms with Crippen LogP contribution in [0.1, 0.15) is 59.3 Å². The molecule has 1 aliphatic carbocycles. The third-order valence-electron chi connectivity index (χ3n) is 5.54. The molecule has 5 heteroatoms. The Morgan fingerprint density at radius 2 is 1.91 bits per heavy atom. The molecule has 0 amide bonds. The van der Waals surface area contributed by atoms with E-state index in [1.807, 2.05) is 0 Å². The van der Waals surface area contributed by atoms with Crippen molar-refractivity contribution in [2.24, 2.45) is 22.1 Å². The van der Waals surface area contributed by atoms with Crippen molar-refractivity contribution in [2.75, 3.05) is 26.2 Å². The fourth-order valence-corrected chi connectivity index (χ4v) is 3.95. The fraction of sp³-hybridized carbons (Fsp3) is 0.941. The van der Waals surface area contributed by atoms with E-state index in [0.717, 1.165) is 25.6 Å². The van der Waals surface area contributed by atoms with Crippen LogP contribution in [0.4, 0.5) is 0 Å². The van der Waals surface area contributed by atoms with E-state index in [1.165, 1.54) is 45.1 Å². The van der Waals surface area contributed by atoms with Crippen LogP contribution in [0.15, 0.2) is 4.99 Å². The fourth-order valence-electron chi connectivity index (χ4n) is 3.95. The first kappa shape index (κ1) is 20.0. The molecule has 0 spiro atoms. The summed E-state index contributed by atoms with van der Waals surface area (Å²) in [5.74, 6) is 1.45. The highest BCUT2D eigenvalue weighted by Crippen LogP contribution is 2.39. The smallest absolute Gasteiger partial charge is 0.188 e. The van der Waals surface area contributed by atoms with Crippen LogP contribution in [0, 0.1) is 11.3 Å². The Kier molecular flexibility index (Phi) is 8.46. The molecule has 0 aromatic rings. The first-order valence-corrected chi connectivity index (χ1v) is 8.81. The predicted octanol–water partition coefficient (Wildman–Crippen LogP) is 3.21. The SMILES string of the molecule is CCN1CCCC1CNC(N)=NCC(C)(C)C1CCCC1.I. The number of guanidine groups is 1. The zero-order valence-corrected chi connectivity index (χ0v) is 16.9. The van der Waals surface area contributed by atoms with E-state index in [0.29, 0.717) is 12.0 Å². The Bertz CT molecular complexity index is 351. The monoisotopic (exact) mass is 422 g/mol. The van der Waals surface area contributed by atoms with Gasteiger partial charge in [-0.05, 0) is 50.1 Å². The minimum absolute atomic E-state index is 0. The second kappa shape index (κ2) is 9.30. The third kappa shape index (κ3) is 5.55. The molecule has 130 valence electrons. The van der Waals surface area contributed by atoms with Crippen LogP contribution in [0.2, 0.25) is 0 Å². The number of hydrogen-bond acceptors (Lipinski definition) is 2. The van der Waals surface area contributed by atoms with Gasteiger partial charge in [-0.15, -0.1) is 24.0 Å². The Hall–Kier alpha value is -0.0400. The number of nitrogens with zero attached hydrogens (tertiary/aromatic N) is 2. The van der Waals surface area contributed by atoms with Gasteiger partial charge in [0.05, 0.1) is 0 Å². The summed E-state index contributed by atoms with van der Waals surface area (Å²) >= 11 is 0. The van der Waals surface area contributed by atoms with Gasteiger partial charge in [0.25, 0.3) is 0 Å². The van der Waals surface area contributed by atoms with Crippen LogP contribution < -0.4 is 11.1 Å². The Morgan fingerprint density at radius 1 is 1.23 bits per heavy atom. The van der Waals surface area contributed by atoms with Crippen LogP contribution in [0.3, 0.4) is 0 Å². The average Bonchev–Trinajstić information content (AvgIpc) is 3.13. The number of nitrogens with two attached hydrogens (primary N) is 1. The molecule has 1 unspecified atom stereocenters. The number of nitrogens with one attached hydrogen (secondary N) is 1. The van der Waals surface area contributed by atoms with Gasteiger partial charge >= 0.3 is 0 Å². The molecule has 0 aromatic heterocycles. The number of hydrogen-bond donors (Lipinski definition) is 2. The highest BCUT2D eigenvalue weighted by Gasteiger charge is 2.31. The van der Waals surface area contributed by atoms with Gasteiger partial charge in [0.15, 0.2) is 5.96 Å². The molecule has 1 heterocycles. The Labute approximate surface area is 153 Å². The second-order valence-electron chi connectivity index (χ2n) is 7.48. The topological polar surface area (TPSA) is 53.6 Å². The summed E-state index contributed by atoms with van der Waals surface area (Å²) < 4.78 is 0. The highest BCUT2D eigenvalue weighted by molar-refractivity contribution is 14.0. The number of rotatable bonds is 6. The van der Waals surface area contributed by atoms with Gasteiger partial charge in [0.2, 0.25) is 0 Å². The van der Waals surface area contributed by atoms with Gasteiger partial charge in [-0.1, -0.05) is 33.6 Å². The first-order valence-electron chi connectivity index (χ1n) is 8.81. The van der Waals surface area contributed by atoms with E-state index >= 15 is 0 Å². The molecule has 0 radical (unpaired) electrons. The molecule has 1 saturated heterocycles. The molecule has 4 nitrogen and oxygen atoms in total. The lowest BCUT2D eigenvalue weighted by Gasteiger charge is -2.30. The number of halogens is 1. The molecule has 22 heavy (non-hydrogen) atoms. The van der Waals surface area contributed by atoms with E-state index in [2.05, 4.69) is 36.0 Å². The number of aliphatic imine (C=N–C) groups is 1. The maximum atomic E-state index is 6.06. The number of likely N-dealkylation sites (tertiary alicyclic amines) is 1. The molecule has 3 N–H and O–H groups in total. The molecular weight excluding hydrogens is 387 g/mol. The minimum Gasteiger partial charge on any atom is -0.370 e. The zero-order chi connectivity index (χ0) is 15.3. The van der Waals surface area contributed by atoms with Gasteiger partial charge < -0.3 is 11.1 Å². The van der Waals surface area contributed by atoms with E-state index in [-0.39, 0.29) is 29.4 Å². The standard InChI is InChI=1S/C17H34N4.HI/c1-4-21-11-7-10-15(21)12-19-16(18)20-13-17(2,3)14-8-5-6-9-14;/h14-15H,4-13H2,1-3H3,(H3,18,19,20);1H. The lowest BCUT2D eigenvalue weighted by atomic mass is 9.78. The summed E-state index contributed by atoms with van der Waals surface area (Å²) in [4.78, 5) is 7.15. The summed E-state index contributed by atoms with van der Waals surface area (Å²) in [7, 11) is 0. The van der Waals surface area contributed by atoms with Crippen molar-refractivity contribution in [2.45, 2.75) is 65.3 Å². The first-order chi connectivity index (χ1) is 10.0. The molecule has 1 atom stereocenters. The Balaban J connectivity index is 0.00000242. The lowest BCUT2D eigenvalue weighted by molar-refractivity contribution is 0.227. The van der Waals surface area contributed by atoms with Crippen LogP contribution >= 0.6 is 24.0 Å². The lowest BCUT2D eigenvalue weighted by Crippen LogP contribution is -2.43. The average molecular weight is 422 g/mol. The summed E-state index contributed by atoms with van der Waals surface area (Å²) in [5.41, 5.74) is 6.35. The number of likely N-dealkylation sites (N-methyl/N-ethyl adjacent to an activating group) is 1. The summed E-state index contributed by atoms with van der Waals surface area (Å²) in [6.07, 6.45) is 8.10. The van der Waals surface area contributed by atoms with Crippen molar-refractivity contribution in [3.63, 3.8) is 0 Å². The van der Waals surface area contributed by atoms with E-state index in [1.54, 1.807) is 0 Å². The van der Waals surface area contributed by atoms with Crippen LogP contribution in [0.5, 0.6) is 0 Å². The maximum absolute atomic E-state index is 6.06. The van der Waals surface area contributed by atoms with Crippen LogP contribution in [-0.4, -0.2) is 43.1 Å². The molecule has 2 rings (SSSR count). The summed E-state index contributed by atoms with van der Waals surface area (Å²) in [6.45, 7) is 11.1. The van der Waals surface area contributed by atoms with Crippen molar-refractivity contribution in [1.82, 2.24) is 10.2 Å². The van der Waals surface area contributed by atoms with Crippen LogP contribution in [0.25, 0.3) is 0 Å². The molecule has 0 bridgehead atoms. The molecule has 1 saturated carbocycles.